The summed E-state index contributed by atoms with van der Waals surface area (Å²) in [5.41, 5.74) is 5.72. The predicted octanol–water partition coefficient (Wildman–Crippen LogP) is 0.836. The molecule has 1 aliphatic carbocycles. The van der Waals surface area contributed by atoms with E-state index in [1.54, 1.807) is 0 Å². The number of ether oxygens (including phenoxy) is 1. The molecule has 1 aliphatic rings. The van der Waals surface area contributed by atoms with Gasteiger partial charge in [0.05, 0.1) is 12.2 Å². The van der Waals surface area contributed by atoms with Gasteiger partial charge in [-0.15, -0.1) is 0 Å². The predicted molar refractivity (Wildman–Crippen MR) is 54.8 cm³/mol. The maximum Gasteiger partial charge on any atom is 0.0695 e. The van der Waals surface area contributed by atoms with Gasteiger partial charge in [-0.3, -0.25) is 0 Å². The summed E-state index contributed by atoms with van der Waals surface area (Å²) in [5.74, 6) is 0. The van der Waals surface area contributed by atoms with Crippen LogP contribution in [0.15, 0.2) is 0 Å². The maximum atomic E-state index is 5.90. The molecule has 3 heteroatoms. The summed E-state index contributed by atoms with van der Waals surface area (Å²) in [5, 5.41) is 0. The van der Waals surface area contributed by atoms with E-state index >= 15 is 0 Å². The second-order valence-corrected chi connectivity index (χ2v) is 4.23. The monoisotopic (exact) mass is 186 g/mol. The molecule has 0 aromatic carbocycles. The number of rotatable bonds is 6. The van der Waals surface area contributed by atoms with E-state index in [9.17, 15) is 0 Å². The van der Waals surface area contributed by atoms with Gasteiger partial charge in [-0.05, 0) is 46.3 Å². The van der Waals surface area contributed by atoms with E-state index < -0.39 is 0 Å². The van der Waals surface area contributed by atoms with Crippen molar-refractivity contribution in [2.45, 2.75) is 31.3 Å². The normalized spacial score (nSPS) is 20.3. The lowest BCUT2D eigenvalue weighted by Gasteiger charge is -2.41. The second-order valence-electron chi connectivity index (χ2n) is 4.23. The molecule has 0 aliphatic heterocycles. The third kappa shape index (κ3) is 3.25. The van der Waals surface area contributed by atoms with Crippen LogP contribution in [0.2, 0.25) is 0 Å². The largest absolute Gasteiger partial charge is 0.374 e. The van der Waals surface area contributed by atoms with Gasteiger partial charge in [-0.1, -0.05) is 0 Å². The summed E-state index contributed by atoms with van der Waals surface area (Å²) in [6.45, 7) is 2.60. The molecule has 3 nitrogen and oxygen atoms in total. The Bertz CT molecular complexity index is 144. The van der Waals surface area contributed by atoms with Crippen molar-refractivity contribution >= 4 is 0 Å². The highest BCUT2D eigenvalue weighted by molar-refractivity contribution is 4.89. The molecule has 13 heavy (non-hydrogen) atoms. The highest BCUT2D eigenvalue weighted by Crippen LogP contribution is 2.37. The van der Waals surface area contributed by atoms with Gasteiger partial charge >= 0.3 is 0 Å². The fourth-order valence-electron chi connectivity index (χ4n) is 1.75. The van der Waals surface area contributed by atoms with Crippen LogP contribution >= 0.6 is 0 Å². The van der Waals surface area contributed by atoms with Crippen molar-refractivity contribution in [2.24, 2.45) is 5.73 Å². The number of nitrogens with two attached hydrogens (primary N) is 1. The van der Waals surface area contributed by atoms with Crippen LogP contribution in [0.5, 0.6) is 0 Å². The first-order valence-electron chi connectivity index (χ1n) is 5.17. The molecular formula is C10H22N2O. The molecule has 0 amide bonds. The molecular weight excluding hydrogens is 164 g/mol. The molecule has 0 unspecified atom stereocenters. The van der Waals surface area contributed by atoms with E-state index in [4.69, 9.17) is 10.5 Å². The molecule has 1 rings (SSSR count). The fourth-order valence-corrected chi connectivity index (χ4v) is 1.75. The Morgan fingerprint density at radius 1 is 1.38 bits per heavy atom. The Kier molecular flexibility index (Phi) is 4.16. The van der Waals surface area contributed by atoms with Gasteiger partial charge in [-0.25, -0.2) is 0 Å². The molecule has 0 atom stereocenters. The van der Waals surface area contributed by atoms with Crippen molar-refractivity contribution in [1.82, 2.24) is 4.90 Å². The number of likely N-dealkylation sites (N-methyl/N-ethyl adjacent to an activating group) is 1. The van der Waals surface area contributed by atoms with Crippen LogP contribution in [0.1, 0.15) is 25.7 Å². The standard InChI is InChI=1S/C10H22N2O/c1-12(2)8-9-13-10(6-7-11)4-3-5-10/h3-9,11H2,1-2H3. The molecule has 0 radical (unpaired) electrons. The molecule has 0 bridgehead atoms. The van der Waals surface area contributed by atoms with Crippen molar-refractivity contribution in [2.75, 3.05) is 33.8 Å². The van der Waals surface area contributed by atoms with Crippen LogP contribution in [-0.4, -0.2) is 44.3 Å². The summed E-state index contributed by atoms with van der Waals surface area (Å²) in [4.78, 5) is 2.15. The van der Waals surface area contributed by atoms with Gasteiger partial charge in [0, 0.05) is 6.54 Å². The molecule has 0 aromatic rings. The third-order valence-corrected chi connectivity index (χ3v) is 2.81. The van der Waals surface area contributed by atoms with Gasteiger partial charge in [0.15, 0.2) is 0 Å². The van der Waals surface area contributed by atoms with Crippen LogP contribution in [0.3, 0.4) is 0 Å². The minimum atomic E-state index is 0.158. The Balaban J connectivity index is 2.16. The zero-order chi connectivity index (χ0) is 9.73. The van der Waals surface area contributed by atoms with Crippen molar-refractivity contribution in [1.29, 1.82) is 0 Å². The summed E-state index contributed by atoms with van der Waals surface area (Å²) >= 11 is 0. The molecule has 0 aromatic heterocycles. The van der Waals surface area contributed by atoms with Crippen molar-refractivity contribution in [3.63, 3.8) is 0 Å². The summed E-state index contributed by atoms with van der Waals surface area (Å²) in [6.07, 6.45) is 4.75. The minimum Gasteiger partial charge on any atom is -0.374 e. The maximum absolute atomic E-state index is 5.90. The van der Waals surface area contributed by atoms with Gasteiger partial charge in [0.25, 0.3) is 0 Å². The first-order chi connectivity index (χ1) is 6.18. The van der Waals surface area contributed by atoms with E-state index in [0.29, 0.717) is 0 Å². The first-order valence-corrected chi connectivity index (χ1v) is 5.17. The Labute approximate surface area is 81.2 Å². The van der Waals surface area contributed by atoms with Gasteiger partial charge in [-0.2, -0.15) is 0 Å². The zero-order valence-corrected chi connectivity index (χ0v) is 8.88. The van der Waals surface area contributed by atoms with Crippen molar-refractivity contribution in [3.05, 3.63) is 0 Å². The number of nitrogens with zero attached hydrogens (tertiary/aromatic N) is 1. The average Bonchev–Trinajstić information content (AvgIpc) is 1.99. The lowest BCUT2D eigenvalue weighted by atomic mass is 9.77. The number of hydrogen-bond donors (Lipinski definition) is 1. The van der Waals surface area contributed by atoms with E-state index in [0.717, 1.165) is 26.1 Å². The van der Waals surface area contributed by atoms with Crippen molar-refractivity contribution < 1.29 is 4.74 Å². The Hall–Kier alpha value is -0.120. The molecule has 78 valence electrons. The minimum absolute atomic E-state index is 0.158. The van der Waals surface area contributed by atoms with Crippen LogP contribution in [0, 0.1) is 0 Å². The lowest BCUT2D eigenvalue weighted by molar-refractivity contribution is -0.105. The van der Waals surface area contributed by atoms with Crippen molar-refractivity contribution in [3.8, 4) is 0 Å². The molecule has 1 saturated carbocycles. The molecule has 0 heterocycles. The first kappa shape index (κ1) is 11.0. The van der Waals surface area contributed by atoms with Gasteiger partial charge in [0.2, 0.25) is 0 Å². The summed E-state index contributed by atoms with van der Waals surface area (Å²) in [7, 11) is 4.14. The van der Waals surface area contributed by atoms with Crippen LogP contribution in [-0.2, 0) is 4.74 Å². The highest BCUT2D eigenvalue weighted by Gasteiger charge is 2.36. The Morgan fingerprint density at radius 3 is 2.46 bits per heavy atom. The fraction of sp³-hybridized carbons (Fsp3) is 1.00. The Morgan fingerprint density at radius 2 is 2.08 bits per heavy atom. The van der Waals surface area contributed by atoms with Gasteiger partial charge < -0.3 is 15.4 Å². The van der Waals surface area contributed by atoms with E-state index in [2.05, 4.69) is 19.0 Å². The van der Waals surface area contributed by atoms with E-state index in [-0.39, 0.29) is 5.60 Å². The van der Waals surface area contributed by atoms with E-state index in [1.165, 1.54) is 19.3 Å². The van der Waals surface area contributed by atoms with Crippen LogP contribution in [0.4, 0.5) is 0 Å². The molecule has 0 saturated heterocycles. The second kappa shape index (κ2) is 4.94. The molecule has 2 N–H and O–H groups in total. The van der Waals surface area contributed by atoms with E-state index in [1.807, 2.05) is 0 Å². The summed E-state index contributed by atoms with van der Waals surface area (Å²) < 4.78 is 5.90. The zero-order valence-electron chi connectivity index (χ0n) is 8.88. The average molecular weight is 186 g/mol. The lowest BCUT2D eigenvalue weighted by Crippen LogP contribution is -2.43. The molecule has 1 fully saturated rings. The highest BCUT2D eigenvalue weighted by atomic mass is 16.5. The smallest absolute Gasteiger partial charge is 0.0695 e. The quantitative estimate of drug-likeness (QED) is 0.668. The van der Waals surface area contributed by atoms with Crippen LogP contribution < -0.4 is 5.73 Å². The number of hydrogen-bond acceptors (Lipinski definition) is 3. The topological polar surface area (TPSA) is 38.5 Å². The third-order valence-electron chi connectivity index (χ3n) is 2.81. The van der Waals surface area contributed by atoms with Gasteiger partial charge in [0.1, 0.15) is 0 Å². The van der Waals surface area contributed by atoms with Crippen LogP contribution in [0.25, 0.3) is 0 Å². The SMILES string of the molecule is CN(C)CCOC1(CCN)CCC1. The summed E-state index contributed by atoms with van der Waals surface area (Å²) in [6, 6.07) is 0. The molecule has 0 spiro atoms.